The number of nitrogens with zero attached hydrogens (tertiary/aromatic N) is 2. The highest BCUT2D eigenvalue weighted by atomic mass is 16.3. The van der Waals surface area contributed by atoms with E-state index in [4.69, 9.17) is 14.4 Å². The van der Waals surface area contributed by atoms with Crippen LogP contribution >= 0.6 is 0 Å². The molecule has 2 heterocycles. The fourth-order valence-corrected chi connectivity index (χ4v) is 6.65. The molecule has 0 aliphatic carbocycles. The number of aliphatic imine (C=N–C) groups is 2. The van der Waals surface area contributed by atoms with Gasteiger partial charge in [-0.05, 0) is 57.1 Å². The summed E-state index contributed by atoms with van der Waals surface area (Å²) < 4.78 is 6.37. The zero-order chi connectivity index (χ0) is 32.6. The van der Waals surface area contributed by atoms with Gasteiger partial charge in [0.2, 0.25) is 0 Å². The van der Waals surface area contributed by atoms with Gasteiger partial charge in [0.05, 0.1) is 0 Å². The molecule has 0 spiro atoms. The standard InChI is InChI=1S/C45H31N3O/c1-4-11-30(12-5-1)32-19-21-33(22-20-32)34-23-25-36(26-24-34)44-46-43(35-15-8-3-9-16-35)47-45(48-44)38-17-10-18-41-42(38)39-29-37(27-28-40(39)49-41)31-13-6-2-7-14-31/h1-29,43H,(H,46,47,48). The highest BCUT2D eigenvalue weighted by molar-refractivity contribution is 6.22. The van der Waals surface area contributed by atoms with Gasteiger partial charge >= 0.3 is 0 Å². The summed E-state index contributed by atoms with van der Waals surface area (Å²) in [5.41, 5.74) is 11.7. The van der Waals surface area contributed by atoms with E-state index in [-0.39, 0.29) is 6.17 Å². The molecule has 0 radical (unpaired) electrons. The first-order chi connectivity index (χ1) is 24.3. The van der Waals surface area contributed by atoms with Crippen LogP contribution in [0.4, 0.5) is 0 Å². The minimum Gasteiger partial charge on any atom is -0.456 e. The molecule has 7 aromatic carbocycles. The SMILES string of the molecule is c1ccc(-c2ccc(-c3ccc(C4=NC(c5ccccc5)NC(c5cccc6oc7ccc(-c8ccccc8)cc7c56)=N4)cc3)cc2)cc1. The molecule has 4 nitrogen and oxygen atoms in total. The Hall–Kier alpha value is -6.52. The van der Waals surface area contributed by atoms with E-state index < -0.39 is 0 Å². The van der Waals surface area contributed by atoms with E-state index in [1.807, 2.05) is 42.5 Å². The summed E-state index contributed by atoms with van der Waals surface area (Å²) in [5, 5.41) is 5.74. The fraction of sp³-hybridized carbons (Fsp3) is 0.0222. The minimum absolute atomic E-state index is 0.304. The molecular weight excluding hydrogens is 599 g/mol. The van der Waals surface area contributed by atoms with Crippen molar-refractivity contribution in [2.75, 3.05) is 0 Å². The average Bonchev–Trinajstić information content (AvgIpc) is 3.57. The van der Waals surface area contributed by atoms with E-state index in [0.29, 0.717) is 5.84 Å². The molecule has 9 rings (SSSR count). The van der Waals surface area contributed by atoms with Crippen molar-refractivity contribution in [1.82, 2.24) is 5.32 Å². The molecule has 0 amide bonds. The van der Waals surface area contributed by atoms with Crippen molar-refractivity contribution in [2.24, 2.45) is 9.98 Å². The maximum Gasteiger partial charge on any atom is 0.159 e. The Morgan fingerprint density at radius 1 is 0.449 bits per heavy atom. The first kappa shape index (κ1) is 28.7. The molecule has 1 N–H and O–H groups in total. The third-order valence-electron chi connectivity index (χ3n) is 9.18. The summed E-state index contributed by atoms with van der Waals surface area (Å²) in [6, 6.07) is 61.1. The Balaban J connectivity index is 1.11. The third-order valence-corrected chi connectivity index (χ3v) is 9.18. The van der Waals surface area contributed by atoms with Gasteiger partial charge in [0, 0.05) is 21.9 Å². The summed E-state index contributed by atoms with van der Waals surface area (Å²) in [6.45, 7) is 0. The normalized spacial score (nSPS) is 14.3. The van der Waals surface area contributed by atoms with Gasteiger partial charge in [-0.25, -0.2) is 9.98 Å². The topological polar surface area (TPSA) is 49.9 Å². The predicted molar refractivity (Wildman–Crippen MR) is 202 cm³/mol. The molecule has 0 saturated carbocycles. The van der Waals surface area contributed by atoms with Gasteiger partial charge in [0.15, 0.2) is 5.84 Å². The van der Waals surface area contributed by atoms with Gasteiger partial charge in [-0.3, -0.25) is 0 Å². The lowest BCUT2D eigenvalue weighted by Crippen LogP contribution is -2.33. The van der Waals surface area contributed by atoms with Crippen molar-refractivity contribution >= 4 is 33.6 Å². The van der Waals surface area contributed by atoms with Crippen molar-refractivity contribution in [3.8, 4) is 33.4 Å². The van der Waals surface area contributed by atoms with E-state index in [1.165, 1.54) is 22.3 Å². The number of benzene rings is 7. The molecule has 49 heavy (non-hydrogen) atoms. The van der Waals surface area contributed by atoms with Gasteiger partial charge in [-0.2, -0.15) is 0 Å². The van der Waals surface area contributed by atoms with Crippen LogP contribution in [0.15, 0.2) is 190 Å². The summed E-state index contributed by atoms with van der Waals surface area (Å²) in [7, 11) is 0. The van der Waals surface area contributed by atoms with E-state index in [0.717, 1.165) is 55.6 Å². The van der Waals surface area contributed by atoms with Crippen LogP contribution in [-0.2, 0) is 0 Å². The number of hydrogen-bond donors (Lipinski definition) is 1. The number of amidine groups is 2. The lowest BCUT2D eigenvalue weighted by molar-refractivity contribution is 0.668. The molecular formula is C45H31N3O. The van der Waals surface area contributed by atoms with Crippen LogP contribution in [0.2, 0.25) is 0 Å². The lowest BCUT2D eigenvalue weighted by Gasteiger charge is -2.24. The molecule has 1 unspecified atom stereocenters. The van der Waals surface area contributed by atoms with E-state index in [9.17, 15) is 0 Å². The lowest BCUT2D eigenvalue weighted by atomic mass is 9.99. The molecule has 1 aliphatic heterocycles. The van der Waals surface area contributed by atoms with Crippen LogP contribution in [0, 0.1) is 0 Å². The van der Waals surface area contributed by atoms with Gasteiger partial charge in [-0.1, -0.05) is 158 Å². The molecule has 0 saturated heterocycles. The van der Waals surface area contributed by atoms with Crippen molar-refractivity contribution in [3.63, 3.8) is 0 Å². The van der Waals surface area contributed by atoms with Crippen LogP contribution in [0.3, 0.4) is 0 Å². The Morgan fingerprint density at radius 3 is 1.61 bits per heavy atom. The largest absolute Gasteiger partial charge is 0.456 e. The van der Waals surface area contributed by atoms with Crippen molar-refractivity contribution < 1.29 is 4.42 Å². The zero-order valence-corrected chi connectivity index (χ0v) is 26.6. The highest BCUT2D eigenvalue weighted by Crippen LogP contribution is 2.36. The number of furan rings is 1. The second kappa shape index (κ2) is 12.3. The quantitative estimate of drug-likeness (QED) is 0.199. The maximum absolute atomic E-state index is 6.37. The van der Waals surface area contributed by atoms with Crippen LogP contribution in [0.25, 0.3) is 55.3 Å². The number of nitrogens with one attached hydrogen (secondary N) is 1. The van der Waals surface area contributed by atoms with E-state index in [2.05, 4.69) is 139 Å². The molecule has 1 atom stereocenters. The van der Waals surface area contributed by atoms with Crippen LogP contribution in [-0.4, -0.2) is 11.7 Å². The fourth-order valence-electron chi connectivity index (χ4n) is 6.65. The van der Waals surface area contributed by atoms with E-state index in [1.54, 1.807) is 0 Å². The molecule has 1 aliphatic rings. The second-order valence-electron chi connectivity index (χ2n) is 12.2. The molecule has 232 valence electrons. The van der Waals surface area contributed by atoms with Crippen LogP contribution in [0.5, 0.6) is 0 Å². The van der Waals surface area contributed by atoms with Crippen molar-refractivity contribution in [1.29, 1.82) is 0 Å². The third kappa shape index (κ3) is 5.49. The first-order valence-corrected chi connectivity index (χ1v) is 16.5. The Labute approximate surface area is 284 Å². The Morgan fingerprint density at radius 2 is 0.980 bits per heavy atom. The molecule has 8 aromatic rings. The summed E-state index contributed by atoms with van der Waals surface area (Å²) in [5.74, 6) is 1.45. The smallest absolute Gasteiger partial charge is 0.159 e. The first-order valence-electron chi connectivity index (χ1n) is 16.5. The average molecular weight is 630 g/mol. The summed E-state index contributed by atoms with van der Waals surface area (Å²) in [4.78, 5) is 10.3. The predicted octanol–water partition coefficient (Wildman–Crippen LogP) is 11.1. The van der Waals surface area contributed by atoms with Crippen molar-refractivity contribution in [2.45, 2.75) is 6.17 Å². The Bertz CT molecular complexity index is 2480. The monoisotopic (exact) mass is 629 g/mol. The van der Waals surface area contributed by atoms with E-state index >= 15 is 0 Å². The zero-order valence-electron chi connectivity index (χ0n) is 26.6. The van der Waals surface area contributed by atoms with Gasteiger partial charge in [-0.15, -0.1) is 0 Å². The molecule has 1 aromatic heterocycles. The summed E-state index contributed by atoms with van der Waals surface area (Å²) >= 11 is 0. The highest BCUT2D eigenvalue weighted by Gasteiger charge is 2.24. The van der Waals surface area contributed by atoms with Gasteiger partial charge in [0.1, 0.15) is 23.2 Å². The van der Waals surface area contributed by atoms with Gasteiger partial charge < -0.3 is 9.73 Å². The minimum atomic E-state index is -0.304. The molecule has 4 heteroatoms. The summed E-state index contributed by atoms with van der Waals surface area (Å²) in [6.07, 6.45) is -0.304. The second-order valence-corrected chi connectivity index (χ2v) is 12.2. The number of hydrogen-bond acceptors (Lipinski definition) is 4. The molecule has 0 fully saturated rings. The van der Waals surface area contributed by atoms with Crippen LogP contribution < -0.4 is 5.32 Å². The number of rotatable bonds is 6. The van der Waals surface area contributed by atoms with Gasteiger partial charge in [0.25, 0.3) is 0 Å². The maximum atomic E-state index is 6.37. The molecule has 0 bridgehead atoms. The van der Waals surface area contributed by atoms with Crippen LogP contribution in [0.1, 0.15) is 22.9 Å². The van der Waals surface area contributed by atoms with Crippen molar-refractivity contribution in [3.05, 3.63) is 193 Å². The number of fused-ring (bicyclic) bond motifs is 3. The Kier molecular flexibility index (Phi) is 7.17.